The van der Waals surface area contributed by atoms with Gasteiger partial charge in [0.2, 0.25) is 0 Å². The second-order valence-corrected chi connectivity index (χ2v) is 11.7. The number of ketones is 1. The molecule has 4 aliphatic rings. The number of fused-ring (bicyclic) bond motifs is 3. The van der Waals surface area contributed by atoms with Crippen LogP contribution in [-0.2, 0) is 19.1 Å². The summed E-state index contributed by atoms with van der Waals surface area (Å²) < 4.78 is 5.79. The monoisotopic (exact) mass is 432 g/mol. The van der Waals surface area contributed by atoms with Crippen molar-refractivity contribution in [2.24, 2.45) is 23.2 Å². The minimum atomic E-state index is -0.270. The van der Waals surface area contributed by atoms with Crippen LogP contribution >= 0.6 is 11.8 Å². The van der Waals surface area contributed by atoms with Gasteiger partial charge in [-0.2, -0.15) is 0 Å². The summed E-state index contributed by atoms with van der Waals surface area (Å²) >= 11 is 1.51. The summed E-state index contributed by atoms with van der Waals surface area (Å²) in [5.74, 6) is 1.83. The minimum Gasteiger partial charge on any atom is -0.459 e. The second-order valence-electron chi connectivity index (χ2n) is 10.3. The van der Waals surface area contributed by atoms with Crippen LogP contribution in [0.1, 0.15) is 91.4 Å². The second kappa shape index (κ2) is 8.44. The predicted octanol–water partition coefficient (Wildman–Crippen LogP) is 5.63. The van der Waals surface area contributed by atoms with E-state index in [9.17, 15) is 14.4 Å². The summed E-state index contributed by atoms with van der Waals surface area (Å²) in [6.45, 7) is 6.19. The number of cyclic esters (lactones) is 1. The maximum absolute atomic E-state index is 12.2. The molecule has 0 aromatic rings. The molecule has 5 heteroatoms. The van der Waals surface area contributed by atoms with Gasteiger partial charge in [-0.1, -0.05) is 44.0 Å². The Balaban J connectivity index is 1.59. The van der Waals surface area contributed by atoms with Crippen molar-refractivity contribution in [3.05, 3.63) is 11.6 Å². The fourth-order valence-corrected chi connectivity index (χ4v) is 8.31. The van der Waals surface area contributed by atoms with Crippen molar-refractivity contribution < 1.29 is 19.1 Å². The molecule has 0 aromatic heterocycles. The Labute approximate surface area is 185 Å². The van der Waals surface area contributed by atoms with E-state index in [0.29, 0.717) is 30.6 Å². The highest BCUT2D eigenvalue weighted by Crippen LogP contribution is 2.61. The van der Waals surface area contributed by atoms with Gasteiger partial charge in [0.1, 0.15) is 5.60 Å². The fraction of sp³-hybridized carbons (Fsp3) is 0.800. The van der Waals surface area contributed by atoms with Gasteiger partial charge in [-0.15, -0.1) is 0 Å². The van der Waals surface area contributed by atoms with Crippen LogP contribution in [0.2, 0.25) is 0 Å². The van der Waals surface area contributed by atoms with Crippen LogP contribution in [0.3, 0.4) is 0 Å². The molecule has 30 heavy (non-hydrogen) atoms. The third kappa shape index (κ3) is 4.03. The van der Waals surface area contributed by atoms with Crippen LogP contribution in [-0.4, -0.2) is 27.7 Å². The highest BCUT2D eigenvalue weighted by Gasteiger charge is 2.54. The molecule has 0 aromatic carbocycles. The molecule has 4 unspecified atom stereocenters. The number of carbonyl (C=O) groups excluding carboxylic acids is 3. The van der Waals surface area contributed by atoms with E-state index >= 15 is 0 Å². The average Bonchev–Trinajstić information content (AvgIpc) is 3.09. The number of carbonyl (C=O) groups is 3. The lowest BCUT2D eigenvalue weighted by atomic mass is 9.50. The molecule has 166 valence electrons. The van der Waals surface area contributed by atoms with Crippen molar-refractivity contribution >= 4 is 28.6 Å². The Kier molecular flexibility index (Phi) is 6.22. The van der Waals surface area contributed by atoms with E-state index in [1.807, 2.05) is 6.08 Å². The van der Waals surface area contributed by atoms with Gasteiger partial charge in [0.25, 0.3) is 0 Å². The van der Waals surface area contributed by atoms with Crippen LogP contribution in [0, 0.1) is 23.2 Å². The van der Waals surface area contributed by atoms with Gasteiger partial charge in [0.15, 0.2) is 10.9 Å². The molecule has 6 atom stereocenters. The first-order chi connectivity index (χ1) is 14.3. The van der Waals surface area contributed by atoms with Gasteiger partial charge in [0.05, 0.1) is 0 Å². The van der Waals surface area contributed by atoms with Crippen molar-refractivity contribution in [2.45, 2.75) is 102 Å². The van der Waals surface area contributed by atoms with Crippen molar-refractivity contribution in [2.75, 3.05) is 0 Å². The molecule has 2 saturated carbocycles. The van der Waals surface area contributed by atoms with Crippen molar-refractivity contribution in [1.82, 2.24) is 0 Å². The zero-order valence-electron chi connectivity index (χ0n) is 18.7. The molecule has 1 aliphatic heterocycles. The summed E-state index contributed by atoms with van der Waals surface area (Å²) in [6, 6.07) is 0. The van der Waals surface area contributed by atoms with Gasteiger partial charge < -0.3 is 4.74 Å². The molecule has 3 aliphatic carbocycles. The Morgan fingerprint density at radius 3 is 2.70 bits per heavy atom. The first-order valence-corrected chi connectivity index (χ1v) is 12.8. The zero-order valence-corrected chi connectivity index (χ0v) is 19.5. The van der Waals surface area contributed by atoms with Crippen LogP contribution in [0.15, 0.2) is 11.6 Å². The summed E-state index contributed by atoms with van der Waals surface area (Å²) in [6.07, 6.45) is 12.3. The van der Waals surface area contributed by atoms with Gasteiger partial charge in [-0.25, -0.2) is 0 Å². The lowest BCUT2D eigenvalue weighted by Gasteiger charge is -2.57. The van der Waals surface area contributed by atoms with Crippen LogP contribution in [0.5, 0.6) is 0 Å². The predicted molar refractivity (Wildman–Crippen MR) is 119 cm³/mol. The Bertz CT molecular complexity index is 758. The highest BCUT2D eigenvalue weighted by molar-refractivity contribution is 8.14. The van der Waals surface area contributed by atoms with Gasteiger partial charge in [0, 0.05) is 25.0 Å². The molecule has 0 bridgehead atoms. The molecule has 1 saturated heterocycles. The quantitative estimate of drug-likeness (QED) is 0.527. The summed E-state index contributed by atoms with van der Waals surface area (Å²) in [4.78, 5) is 36.1. The molecule has 0 N–H and O–H groups in total. The summed E-state index contributed by atoms with van der Waals surface area (Å²) in [5, 5.41) is 0.455. The Morgan fingerprint density at radius 1 is 1.23 bits per heavy atom. The van der Waals surface area contributed by atoms with E-state index in [4.69, 9.17) is 4.74 Å². The van der Waals surface area contributed by atoms with Gasteiger partial charge in [-0.3, -0.25) is 14.4 Å². The van der Waals surface area contributed by atoms with Gasteiger partial charge >= 0.3 is 5.97 Å². The molecular weight excluding hydrogens is 396 g/mol. The molecule has 4 rings (SSSR count). The van der Waals surface area contributed by atoms with E-state index in [-0.39, 0.29) is 33.1 Å². The first-order valence-electron chi connectivity index (χ1n) is 11.9. The van der Waals surface area contributed by atoms with Crippen molar-refractivity contribution in [3.63, 3.8) is 0 Å². The maximum atomic E-state index is 12.2. The molecule has 0 spiro atoms. The standard InChI is InChI=1S/C25H36O4S/c1-4-25(13-10-22(28)29-25)12-8-17-6-5-7-20-23(17)21(30-16(2)26)15-18-14-19(27)9-11-24(18,20)3/h14,17,20-21,23H,4-13,15H2,1-3H3/t17?,20?,21-,23?,24?,25-/m1/s1. The number of rotatable bonds is 5. The minimum absolute atomic E-state index is 0.0461. The average molecular weight is 433 g/mol. The summed E-state index contributed by atoms with van der Waals surface area (Å²) in [5.41, 5.74) is 1.13. The number of esters is 1. The smallest absolute Gasteiger partial charge is 0.306 e. The molecule has 4 nitrogen and oxygen atoms in total. The largest absolute Gasteiger partial charge is 0.459 e. The van der Waals surface area contributed by atoms with Crippen LogP contribution < -0.4 is 0 Å². The third-order valence-electron chi connectivity index (χ3n) is 8.77. The van der Waals surface area contributed by atoms with E-state index in [1.165, 1.54) is 36.6 Å². The van der Waals surface area contributed by atoms with Crippen LogP contribution in [0.25, 0.3) is 0 Å². The van der Waals surface area contributed by atoms with E-state index < -0.39 is 0 Å². The lowest BCUT2D eigenvalue weighted by Crippen LogP contribution is -2.51. The normalized spacial score (nSPS) is 41.0. The van der Waals surface area contributed by atoms with E-state index in [2.05, 4.69) is 13.8 Å². The highest BCUT2D eigenvalue weighted by atomic mass is 32.2. The Morgan fingerprint density at radius 2 is 2.03 bits per heavy atom. The van der Waals surface area contributed by atoms with Crippen molar-refractivity contribution in [3.8, 4) is 0 Å². The fourth-order valence-electron chi connectivity index (χ4n) is 7.06. The topological polar surface area (TPSA) is 60.4 Å². The number of allylic oxidation sites excluding steroid dienone is 2. The molecule has 3 fully saturated rings. The Hall–Kier alpha value is -1.10. The molecular formula is C25H36O4S. The van der Waals surface area contributed by atoms with Crippen LogP contribution in [0.4, 0.5) is 0 Å². The summed E-state index contributed by atoms with van der Waals surface area (Å²) in [7, 11) is 0. The number of thioether (sulfide) groups is 1. The zero-order chi connectivity index (χ0) is 21.5. The molecule has 1 heterocycles. The lowest BCUT2D eigenvalue weighted by molar-refractivity contribution is -0.149. The maximum Gasteiger partial charge on any atom is 0.306 e. The molecule has 0 radical (unpaired) electrons. The third-order valence-corrected chi connectivity index (χ3v) is 9.89. The van der Waals surface area contributed by atoms with E-state index in [1.54, 1.807) is 6.92 Å². The number of hydrogen-bond donors (Lipinski definition) is 0. The molecule has 0 amide bonds. The SMILES string of the molecule is CC[C@@]1(CCC2CCCC3C2[C@H](SC(C)=O)CC2=CC(=O)CCC23C)CCC(=O)O1. The number of ether oxygens (including phenoxy) is 1. The van der Waals surface area contributed by atoms with Gasteiger partial charge in [-0.05, 0) is 74.2 Å². The first kappa shape index (κ1) is 22.1. The van der Waals surface area contributed by atoms with E-state index in [0.717, 1.165) is 38.5 Å². The number of hydrogen-bond acceptors (Lipinski definition) is 5. The van der Waals surface area contributed by atoms with Crippen molar-refractivity contribution in [1.29, 1.82) is 0 Å².